The van der Waals surface area contributed by atoms with Crippen LogP contribution >= 0.6 is 45.8 Å². The molecular formula is C28H29Cl2IN2O3. The second-order valence-electron chi connectivity index (χ2n) is 8.49. The van der Waals surface area contributed by atoms with Gasteiger partial charge >= 0.3 is 0 Å². The fraction of sp³-hybridized carbons (Fsp3) is 0.286. The van der Waals surface area contributed by atoms with Crippen molar-refractivity contribution in [2.45, 2.75) is 45.3 Å². The molecule has 190 valence electrons. The Kier molecular flexibility index (Phi) is 10.9. The molecule has 0 aliphatic carbocycles. The molecule has 0 aromatic heterocycles. The number of amides is 2. The lowest BCUT2D eigenvalue weighted by Gasteiger charge is -2.32. The Bertz CT molecular complexity index is 1140. The van der Waals surface area contributed by atoms with Crippen LogP contribution in [-0.4, -0.2) is 35.4 Å². The maximum atomic E-state index is 13.6. The zero-order valence-corrected chi connectivity index (χ0v) is 23.9. The molecule has 0 aliphatic heterocycles. The van der Waals surface area contributed by atoms with E-state index in [-0.39, 0.29) is 31.0 Å². The van der Waals surface area contributed by atoms with E-state index in [9.17, 15) is 9.59 Å². The van der Waals surface area contributed by atoms with Gasteiger partial charge in [-0.1, -0.05) is 66.5 Å². The molecule has 0 aliphatic rings. The highest BCUT2D eigenvalue weighted by Gasteiger charge is 2.32. The average Bonchev–Trinajstić information content (AvgIpc) is 2.87. The lowest BCUT2D eigenvalue weighted by atomic mass is 10.0. The van der Waals surface area contributed by atoms with E-state index in [0.29, 0.717) is 27.8 Å². The number of carbonyl (C=O) groups excluding carboxylic acids is 2. The van der Waals surface area contributed by atoms with E-state index < -0.39 is 6.04 Å². The zero-order chi connectivity index (χ0) is 26.1. The first-order chi connectivity index (χ1) is 17.3. The van der Waals surface area contributed by atoms with E-state index in [1.165, 1.54) is 4.90 Å². The van der Waals surface area contributed by atoms with Crippen LogP contribution < -0.4 is 10.1 Å². The minimum absolute atomic E-state index is 0.0420. The summed E-state index contributed by atoms with van der Waals surface area (Å²) in [6.07, 6.45) is 1.10. The Hall–Kier alpha value is -2.29. The Labute approximate surface area is 236 Å². The van der Waals surface area contributed by atoms with Gasteiger partial charge in [0.15, 0.2) is 6.61 Å². The van der Waals surface area contributed by atoms with Crippen molar-refractivity contribution in [2.75, 3.05) is 6.61 Å². The fourth-order valence-corrected chi connectivity index (χ4v) is 4.48. The van der Waals surface area contributed by atoms with E-state index in [1.807, 2.05) is 56.3 Å². The topological polar surface area (TPSA) is 58.6 Å². The van der Waals surface area contributed by atoms with Gasteiger partial charge in [0, 0.05) is 38.2 Å². The molecule has 5 nitrogen and oxygen atoms in total. The molecule has 0 bridgehead atoms. The van der Waals surface area contributed by atoms with Gasteiger partial charge in [0.1, 0.15) is 11.8 Å². The summed E-state index contributed by atoms with van der Waals surface area (Å²) in [6, 6.07) is 21.4. The summed E-state index contributed by atoms with van der Waals surface area (Å²) in [4.78, 5) is 28.7. The summed E-state index contributed by atoms with van der Waals surface area (Å²) < 4.78 is 6.85. The third-order valence-electron chi connectivity index (χ3n) is 5.84. The first-order valence-electron chi connectivity index (χ1n) is 11.7. The van der Waals surface area contributed by atoms with Crippen LogP contribution in [0.4, 0.5) is 0 Å². The number of nitrogens with one attached hydrogen (secondary N) is 1. The zero-order valence-electron chi connectivity index (χ0n) is 20.2. The molecule has 1 N–H and O–H groups in total. The number of halogens is 3. The van der Waals surface area contributed by atoms with Crippen LogP contribution in [-0.2, 0) is 22.6 Å². The van der Waals surface area contributed by atoms with Crippen molar-refractivity contribution in [3.63, 3.8) is 0 Å². The standard InChI is InChI=1S/C28H29Cl2IN2O3/c1-3-19(2)32-28(35)26(16-20-8-5-4-6-9-20)33(17-23-24(29)10-7-11-25(23)30)27(34)18-36-22-14-12-21(31)13-15-22/h4-15,19,26H,3,16-18H2,1-2H3,(H,32,35)/t19-,26-/m1/s1. The van der Waals surface area contributed by atoms with Crippen molar-refractivity contribution in [3.05, 3.63) is 97.5 Å². The molecule has 0 saturated carbocycles. The van der Waals surface area contributed by atoms with Gasteiger partial charge in [0.2, 0.25) is 5.91 Å². The van der Waals surface area contributed by atoms with Gasteiger partial charge in [0.05, 0.1) is 0 Å². The maximum Gasteiger partial charge on any atom is 0.261 e. The summed E-state index contributed by atoms with van der Waals surface area (Å²) in [5, 5.41) is 3.90. The molecule has 0 spiro atoms. The van der Waals surface area contributed by atoms with E-state index in [2.05, 4.69) is 27.9 Å². The van der Waals surface area contributed by atoms with Crippen LogP contribution in [0, 0.1) is 3.57 Å². The van der Waals surface area contributed by atoms with Crippen LogP contribution in [0.25, 0.3) is 0 Å². The fourth-order valence-electron chi connectivity index (χ4n) is 3.61. The number of benzene rings is 3. The summed E-state index contributed by atoms with van der Waals surface area (Å²) in [7, 11) is 0. The molecule has 3 aromatic rings. The second-order valence-corrected chi connectivity index (χ2v) is 10.5. The van der Waals surface area contributed by atoms with Crippen LogP contribution in [0.2, 0.25) is 10.0 Å². The number of hydrogen-bond acceptors (Lipinski definition) is 3. The molecule has 0 fully saturated rings. The van der Waals surface area contributed by atoms with Crippen molar-refractivity contribution in [2.24, 2.45) is 0 Å². The lowest BCUT2D eigenvalue weighted by Crippen LogP contribution is -2.53. The Balaban J connectivity index is 1.95. The number of nitrogens with zero attached hydrogens (tertiary/aromatic N) is 1. The SMILES string of the molecule is CC[C@@H](C)NC(=O)[C@@H](Cc1ccccc1)N(Cc1c(Cl)cccc1Cl)C(=O)COc1ccc(I)cc1. The second kappa shape index (κ2) is 13.9. The highest BCUT2D eigenvalue weighted by molar-refractivity contribution is 14.1. The van der Waals surface area contributed by atoms with Crippen molar-refractivity contribution in [1.29, 1.82) is 0 Å². The van der Waals surface area contributed by atoms with Gasteiger partial charge in [-0.2, -0.15) is 0 Å². The minimum Gasteiger partial charge on any atom is -0.484 e. The number of hydrogen-bond donors (Lipinski definition) is 1. The van der Waals surface area contributed by atoms with Gasteiger partial charge in [-0.25, -0.2) is 0 Å². The Morgan fingerprint density at radius 1 is 0.972 bits per heavy atom. The number of carbonyl (C=O) groups is 2. The summed E-state index contributed by atoms with van der Waals surface area (Å²) in [5.41, 5.74) is 1.52. The Morgan fingerprint density at radius 2 is 1.61 bits per heavy atom. The average molecular weight is 639 g/mol. The first-order valence-corrected chi connectivity index (χ1v) is 13.6. The quantitative estimate of drug-likeness (QED) is 0.243. The highest BCUT2D eigenvalue weighted by Crippen LogP contribution is 2.27. The van der Waals surface area contributed by atoms with Crippen LogP contribution in [0.5, 0.6) is 5.75 Å². The predicted octanol–water partition coefficient (Wildman–Crippen LogP) is 6.53. The molecule has 3 aromatic carbocycles. The van der Waals surface area contributed by atoms with E-state index >= 15 is 0 Å². The minimum atomic E-state index is -0.790. The third-order valence-corrected chi connectivity index (χ3v) is 7.27. The molecule has 2 amide bonds. The third kappa shape index (κ3) is 8.11. The molecule has 36 heavy (non-hydrogen) atoms. The van der Waals surface area contributed by atoms with E-state index in [0.717, 1.165) is 15.6 Å². The van der Waals surface area contributed by atoms with Crippen molar-refractivity contribution < 1.29 is 14.3 Å². The maximum absolute atomic E-state index is 13.6. The first kappa shape index (κ1) is 28.3. The van der Waals surface area contributed by atoms with Gasteiger partial charge in [0.25, 0.3) is 5.91 Å². The largest absolute Gasteiger partial charge is 0.484 e. The number of rotatable bonds is 11. The van der Waals surface area contributed by atoms with Crippen molar-refractivity contribution in [1.82, 2.24) is 10.2 Å². The summed E-state index contributed by atoms with van der Waals surface area (Å²) in [6.45, 7) is 3.77. The molecule has 8 heteroatoms. The molecular weight excluding hydrogens is 610 g/mol. The van der Waals surface area contributed by atoms with E-state index in [4.69, 9.17) is 27.9 Å². The van der Waals surface area contributed by atoms with E-state index in [1.54, 1.807) is 30.3 Å². The van der Waals surface area contributed by atoms with Crippen molar-refractivity contribution >= 4 is 57.6 Å². The summed E-state index contributed by atoms with van der Waals surface area (Å²) >= 11 is 15.1. The predicted molar refractivity (Wildman–Crippen MR) is 153 cm³/mol. The Morgan fingerprint density at radius 3 is 2.22 bits per heavy atom. The monoisotopic (exact) mass is 638 g/mol. The smallest absolute Gasteiger partial charge is 0.261 e. The normalized spacial score (nSPS) is 12.5. The van der Waals surface area contributed by atoms with Crippen molar-refractivity contribution in [3.8, 4) is 5.75 Å². The van der Waals surface area contributed by atoms with Gasteiger partial charge < -0.3 is 15.0 Å². The molecule has 0 radical (unpaired) electrons. The van der Waals surface area contributed by atoms with Crippen LogP contribution in [0.1, 0.15) is 31.4 Å². The molecule has 2 atom stereocenters. The van der Waals surface area contributed by atoms with Crippen LogP contribution in [0.3, 0.4) is 0 Å². The molecule has 0 unspecified atom stereocenters. The molecule has 3 rings (SSSR count). The van der Waals surface area contributed by atoms with Gasteiger partial charge in [-0.05, 0) is 77.9 Å². The van der Waals surface area contributed by atoms with Crippen LogP contribution in [0.15, 0.2) is 72.8 Å². The lowest BCUT2D eigenvalue weighted by molar-refractivity contribution is -0.143. The highest BCUT2D eigenvalue weighted by atomic mass is 127. The van der Waals surface area contributed by atoms with Gasteiger partial charge in [-0.15, -0.1) is 0 Å². The number of ether oxygens (including phenoxy) is 1. The van der Waals surface area contributed by atoms with Gasteiger partial charge in [-0.3, -0.25) is 9.59 Å². The molecule has 0 saturated heterocycles. The molecule has 0 heterocycles. The summed E-state index contributed by atoms with van der Waals surface area (Å²) in [5.74, 6) is -0.00748.